The molecule has 1 heterocycles. The van der Waals surface area contributed by atoms with E-state index in [9.17, 15) is 0 Å². The summed E-state index contributed by atoms with van der Waals surface area (Å²) in [6, 6.07) is 11.9. The fourth-order valence-corrected chi connectivity index (χ4v) is 2.51. The molecule has 0 aliphatic carbocycles. The highest BCUT2D eigenvalue weighted by atomic mass is 35.5. The topological polar surface area (TPSA) is 37.9 Å². The van der Waals surface area contributed by atoms with Gasteiger partial charge in [-0.15, -0.1) is 0 Å². The molecule has 0 amide bonds. The van der Waals surface area contributed by atoms with E-state index in [0.717, 1.165) is 38.8 Å². The number of H-pyrrole nitrogens is 1. The second kappa shape index (κ2) is 5.41. The molecule has 108 valence electrons. The van der Waals surface area contributed by atoms with Crippen molar-refractivity contribution in [1.29, 1.82) is 0 Å². The van der Waals surface area contributed by atoms with Crippen molar-refractivity contribution in [3.63, 3.8) is 0 Å². The molecule has 0 fully saturated rings. The van der Waals surface area contributed by atoms with Crippen LogP contribution in [0.15, 0.2) is 36.4 Å². The number of imidazole rings is 1. The van der Waals surface area contributed by atoms with Gasteiger partial charge in [-0.25, -0.2) is 4.98 Å². The number of rotatable bonds is 3. The van der Waals surface area contributed by atoms with E-state index in [-0.39, 0.29) is 6.10 Å². The molecule has 0 aliphatic rings. The normalized spacial score (nSPS) is 12.6. The minimum absolute atomic E-state index is 0.155. The quantitative estimate of drug-likeness (QED) is 0.741. The van der Waals surface area contributed by atoms with Crippen molar-refractivity contribution in [3.05, 3.63) is 58.4 Å². The van der Waals surface area contributed by atoms with Crippen LogP contribution in [0.3, 0.4) is 0 Å². The molecule has 1 unspecified atom stereocenters. The molecule has 0 bridgehead atoms. The number of halogens is 1. The highest BCUT2D eigenvalue weighted by molar-refractivity contribution is 6.32. The molecule has 3 rings (SSSR count). The van der Waals surface area contributed by atoms with Crippen LogP contribution in [-0.2, 0) is 0 Å². The van der Waals surface area contributed by atoms with Gasteiger partial charge in [-0.3, -0.25) is 0 Å². The fraction of sp³-hybridized carbons (Fsp3) is 0.235. The van der Waals surface area contributed by atoms with Crippen molar-refractivity contribution in [2.75, 3.05) is 0 Å². The third-order valence-electron chi connectivity index (χ3n) is 3.52. The molecule has 0 radical (unpaired) electrons. The molecule has 2 aromatic carbocycles. The first-order chi connectivity index (χ1) is 10.0. The minimum atomic E-state index is -0.155. The van der Waals surface area contributed by atoms with Crippen LogP contribution in [-0.4, -0.2) is 9.97 Å². The zero-order valence-electron chi connectivity index (χ0n) is 12.3. The summed E-state index contributed by atoms with van der Waals surface area (Å²) in [5, 5.41) is 0.791. The van der Waals surface area contributed by atoms with Gasteiger partial charge in [-0.1, -0.05) is 23.7 Å². The van der Waals surface area contributed by atoms with E-state index in [1.54, 1.807) is 0 Å². The highest BCUT2D eigenvalue weighted by Gasteiger charge is 2.13. The molecular weight excluding hydrogens is 284 g/mol. The molecular formula is C17H17ClN2O. The number of hydrogen-bond acceptors (Lipinski definition) is 2. The van der Waals surface area contributed by atoms with Crippen molar-refractivity contribution < 1.29 is 4.74 Å². The molecule has 1 atom stereocenters. The summed E-state index contributed by atoms with van der Waals surface area (Å²) in [4.78, 5) is 7.86. The number of fused-ring (bicyclic) bond motifs is 1. The summed E-state index contributed by atoms with van der Waals surface area (Å²) < 4.78 is 5.99. The minimum Gasteiger partial charge on any atom is -0.483 e. The Morgan fingerprint density at radius 2 is 1.81 bits per heavy atom. The summed E-state index contributed by atoms with van der Waals surface area (Å²) in [5.74, 6) is 1.63. The Hall–Kier alpha value is -2.00. The molecule has 1 N–H and O–H groups in total. The van der Waals surface area contributed by atoms with Crippen molar-refractivity contribution >= 4 is 22.6 Å². The van der Waals surface area contributed by atoms with Crippen molar-refractivity contribution in [2.45, 2.75) is 26.9 Å². The maximum Gasteiger partial charge on any atom is 0.153 e. The Bertz CT molecular complexity index is 738. The number of nitrogens with zero attached hydrogens (tertiary/aromatic N) is 1. The summed E-state index contributed by atoms with van der Waals surface area (Å²) in [6.07, 6.45) is -0.155. The van der Waals surface area contributed by atoms with E-state index in [4.69, 9.17) is 16.3 Å². The molecule has 21 heavy (non-hydrogen) atoms. The lowest BCUT2D eigenvalue weighted by Crippen LogP contribution is -2.05. The Labute approximate surface area is 128 Å². The van der Waals surface area contributed by atoms with Crippen LogP contribution >= 0.6 is 11.6 Å². The second-order valence-electron chi connectivity index (χ2n) is 5.27. The van der Waals surface area contributed by atoms with E-state index in [1.165, 1.54) is 0 Å². The van der Waals surface area contributed by atoms with E-state index >= 15 is 0 Å². The monoisotopic (exact) mass is 300 g/mol. The Balaban J connectivity index is 1.87. The van der Waals surface area contributed by atoms with Gasteiger partial charge in [0, 0.05) is 5.02 Å². The lowest BCUT2D eigenvalue weighted by Gasteiger charge is -2.14. The van der Waals surface area contributed by atoms with Gasteiger partial charge in [0.2, 0.25) is 0 Å². The lowest BCUT2D eigenvalue weighted by molar-refractivity contribution is 0.218. The third-order valence-corrected chi connectivity index (χ3v) is 4.11. The van der Waals surface area contributed by atoms with Gasteiger partial charge in [-0.05, 0) is 56.2 Å². The summed E-state index contributed by atoms with van der Waals surface area (Å²) in [6.45, 7) is 5.94. The van der Waals surface area contributed by atoms with Crippen LogP contribution in [0.4, 0.5) is 0 Å². The van der Waals surface area contributed by atoms with Crippen LogP contribution in [0.1, 0.15) is 30.0 Å². The van der Waals surface area contributed by atoms with Gasteiger partial charge in [0.25, 0.3) is 0 Å². The smallest absolute Gasteiger partial charge is 0.153 e. The molecule has 3 nitrogen and oxygen atoms in total. The summed E-state index contributed by atoms with van der Waals surface area (Å²) in [7, 11) is 0. The Morgan fingerprint density at radius 1 is 1.14 bits per heavy atom. The van der Waals surface area contributed by atoms with Gasteiger partial charge < -0.3 is 9.72 Å². The van der Waals surface area contributed by atoms with Crippen LogP contribution in [0.2, 0.25) is 5.02 Å². The van der Waals surface area contributed by atoms with E-state index in [2.05, 4.69) is 9.97 Å². The number of aryl methyl sites for hydroxylation is 2. The average molecular weight is 301 g/mol. The number of nitrogens with one attached hydrogen (secondary N) is 1. The Morgan fingerprint density at radius 3 is 2.48 bits per heavy atom. The van der Waals surface area contributed by atoms with Crippen LogP contribution in [0.25, 0.3) is 11.0 Å². The average Bonchev–Trinajstić information content (AvgIpc) is 2.88. The second-order valence-corrected chi connectivity index (χ2v) is 5.65. The van der Waals surface area contributed by atoms with Gasteiger partial charge in [0.05, 0.1) is 11.0 Å². The summed E-state index contributed by atoms with van der Waals surface area (Å²) in [5.41, 5.74) is 4.00. The highest BCUT2D eigenvalue weighted by Crippen LogP contribution is 2.28. The van der Waals surface area contributed by atoms with E-state index in [1.807, 2.05) is 57.2 Å². The first-order valence-corrected chi connectivity index (χ1v) is 7.30. The SMILES string of the molecule is Cc1cc(OC(C)c2nc3ccccc3[nH]2)cc(C)c1Cl. The van der Waals surface area contributed by atoms with Crippen LogP contribution in [0.5, 0.6) is 5.75 Å². The van der Waals surface area contributed by atoms with Gasteiger partial charge in [-0.2, -0.15) is 0 Å². The molecule has 0 saturated heterocycles. The van der Waals surface area contributed by atoms with Crippen LogP contribution in [0, 0.1) is 13.8 Å². The van der Waals surface area contributed by atoms with E-state index < -0.39 is 0 Å². The van der Waals surface area contributed by atoms with Gasteiger partial charge in [0.15, 0.2) is 6.10 Å². The predicted molar refractivity (Wildman–Crippen MR) is 86.1 cm³/mol. The van der Waals surface area contributed by atoms with Crippen molar-refractivity contribution in [3.8, 4) is 5.75 Å². The number of ether oxygens (including phenoxy) is 1. The molecule has 3 aromatic rings. The van der Waals surface area contributed by atoms with E-state index in [0.29, 0.717) is 0 Å². The maximum absolute atomic E-state index is 6.18. The van der Waals surface area contributed by atoms with Crippen LogP contribution < -0.4 is 4.74 Å². The third kappa shape index (κ3) is 2.74. The molecule has 0 aliphatic heterocycles. The number of aromatic nitrogens is 2. The number of aromatic amines is 1. The first-order valence-electron chi connectivity index (χ1n) is 6.92. The van der Waals surface area contributed by atoms with Crippen molar-refractivity contribution in [2.24, 2.45) is 0 Å². The largest absolute Gasteiger partial charge is 0.483 e. The standard InChI is InChI=1S/C17H17ClN2O/c1-10-8-13(9-11(2)16(10)18)21-12(3)17-19-14-6-4-5-7-15(14)20-17/h4-9,12H,1-3H3,(H,19,20). The zero-order valence-corrected chi connectivity index (χ0v) is 13.0. The first kappa shape index (κ1) is 14.0. The molecule has 1 aromatic heterocycles. The molecule has 0 saturated carbocycles. The maximum atomic E-state index is 6.18. The fourth-order valence-electron chi connectivity index (χ4n) is 2.40. The number of para-hydroxylation sites is 2. The lowest BCUT2D eigenvalue weighted by atomic mass is 10.1. The number of benzene rings is 2. The predicted octanol–water partition coefficient (Wildman–Crippen LogP) is 4.97. The van der Waals surface area contributed by atoms with Gasteiger partial charge >= 0.3 is 0 Å². The number of hydrogen-bond donors (Lipinski definition) is 1. The summed E-state index contributed by atoms with van der Waals surface area (Å²) >= 11 is 6.18. The zero-order chi connectivity index (χ0) is 15.0. The van der Waals surface area contributed by atoms with Gasteiger partial charge in [0.1, 0.15) is 11.6 Å². The van der Waals surface area contributed by atoms with Crippen molar-refractivity contribution in [1.82, 2.24) is 9.97 Å². The molecule has 0 spiro atoms. The Kier molecular flexibility index (Phi) is 3.60. The molecule has 4 heteroatoms.